The second kappa shape index (κ2) is 6.24. The summed E-state index contributed by atoms with van der Waals surface area (Å²) < 4.78 is 0. The molecule has 17 heavy (non-hydrogen) atoms. The Morgan fingerprint density at radius 3 is 2.82 bits per heavy atom. The molecule has 0 spiro atoms. The number of aliphatic carboxylic acids is 1. The Labute approximate surface area is 99.9 Å². The smallest absolute Gasteiger partial charge is 0.326 e. The highest BCUT2D eigenvalue weighted by atomic mass is 16.4. The van der Waals surface area contributed by atoms with E-state index in [2.05, 4.69) is 5.32 Å². The third-order valence-electron chi connectivity index (χ3n) is 2.65. The molecule has 2 amide bonds. The maximum atomic E-state index is 11.7. The fourth-order valence-corrected chi connectivity index (χ4v) is 1.80. The molecule has 1 saturated heterocycles. The summed E-state index contributed by atoms with van der Waals surface area (Å²) in [5.41, 5.74) is 0. The topological polar surface area (TPSA) is 89.9 Å². The number of carbonyl (C=O) groups excluding carboxylic acids is 1. The molecule has 96 valence electrons. The molecule has 0 aromatic carbocycles. The van der Waals surface area contributed by atoms with Crippen molar-refractivity contribution in [2.24, 2.45) is 0 Å². The van der Waals surface area contributed by atoms with Crippen LogP contribution in [0, 0.1) is 0 Å². The minimum Gasteiger partial charge on any atom is -0.480 e. The van der Waals surface area contributed by atoms with E-state index < -0.39 is 24.1 Å². The van der Waals surface area contributed by atoms with E-state index in [1.165, 1.54) is 4.90 Å². The maximum absolute atomic E-state index is 11.7. The van der Waals surface area contributed by atoms with Crippen molar-refractivity contribution in [2.75, 3.05) is 13.1 Å². The third-order valence-corrected chi connectivity index (χ3v) is 2.65. The average Bonchev–Trinajstić information content (AvgIpc) is 2.66. The molecular weight excluding hydrogens is 224 g/mol. The molecule has 2 atom stereocenters. The van der Waals surface area contributed by atoms with E-state index in [9.17, 15) is 14.7 Å². The molecule has 0 unspecified atom stereocenters. The second-order valence-electron chi connectivity index (χ2n) is 3.99. The fraction of sp³-hybridized carbons (Fsp3) is 0.636. The van der Waals surface area contributed by atoms with Crippen molar-refractivity contribution in [2.45, 2.75) is 31.9 Å². The number of β-amino-alcohol motifs (C(OH)–C–C–N with tert-alkyl or cyclic N) is 1. The lowest BCUT2D eigenvalue weighted by atomic mass is 10.2. The van der Waals surface area contributed by atoms with Crippen LogP contribution in [0.2, 0.25) is 0 Å². The van der Waals surface area contributed by atoms with Gasteiger partial charge in [-0.05, 0) is 13.3 Å². The van der Waals surface area contributed by atoms with Crippen molar-refractivity contribution >= 4 is 12.0 Å². The Morgan fingerprint density at radius 1 is 1.53 bits per heavy atom. The van der Waals surface area contributed by atoms with Gasteiger partial charge in [0.1, 0.15) is 6.04 Å². The number of hydrogen-bond donors (Lipinski definition) is 3. The number of allylic oxidation sites excluding steroid dienone is 1. The van der Waals surface area contributed by atoms with E-state index in [1.807, 2.05) is 19.1 Å². The summed E-state index contributed by atoms with van der Waals surface area (Å²) in [6, 6.07) is -1.36. The van der Waals surface area contributed by atoms with Gasteiger partial charge in [0.05, 0.1) is 6.10 Å². The number of amides is 2. The lowest BCUT2D eigenvalue weighted by Gasteiger charge is -2.21. The van der Waals surface area contributed by atoms with Gasteiger partial charge in [-0.3, -0.25) is 0 Å². The Kier molecular flexibility index (Phi) is 4.96. The Morgan fingerprint density at radius 2 is 2.24 bits per heavy atom. The predicted molar refractivity (Wildman–Crippen MR) is 61.6 cm³/mol. The van der Waals surface area contributed by atoms with Crippen molar-refractivity contribution in [3.8, 4) is 0 Å². The highest BCUT2D eigenvalue weighted by Gasteiger charge is 2.38. The van der Waals surface area contributed by atoms with Crippen LogP contribution in [0.25, 0.3) is 0 Å². The quantitative estimate of drug-likeness (QED) is 0.484. The largest absolute Gasteiger partial charge is 0.480 e. The highest BCUT2D eigenvalue weighted by Crippen LogP contribution is 2.17. The molecule has 0 bridgehead atoms. The number of likely N-dealkylation sites (tertiary alicyclic amines) is 1. The van der Waals surface area contributed by atoms with Crippen molar-refractivity contribution in [1.82, 2.24) is 10.2 Å². The van der Waals surface area contributed by atoms with E-state index in [1.54, 1.807) is 0 Å². The minimum absolute atomic E-state index is 0.0758. The van der Waals surface area contributed by atoms with Gasteiger partial charge >= 0.3 is 12.0 Å². The number of carboxylic acid groups (broad SMARTS) is 1. The van der Waals surface area contributed by atoms with Crippen molar-refractivity contribution in [3.63, 3.8) is 0 Å². The molecule has 6 nitrogen and oxygen atoms in total. The van der Waals surface area contributed by atoms with Crippen LogP contribution in [0.15, 0.2) is 12.2 Å². The van der Waals surface area contributed by atoms with E-state index >= 15 is 0 Å². The Bertz CT molecular complexity index is 317. The third kappa shape index (κ3) is 3.74. The molecule has 1 aliphatic heterocycles. The molecule has 0 saturated carbocycles. The summed E-state index contributed by atoms with van der Waals surface area (Å²) >= 11 is 0. The monoisotopic (exact) mass is 242 g/mol. The molecule has 0 radical (unpaired) electrons. The first kappa shape index (κ1) is 13.5. The van der Waals surface area contributed by atoms with Gasteiger partial charge in [0.15, 0.2) is 0 Å². The zero-order chi connectivity index (χ0) is 12.8. The molecule has 1 fully saturated rings. The summed E-state index contributed by atoms with van der Waals surface area (Å²) in [5.74, 6) is -1.08. The zero-order valence-corrected chi connectivity index (χ0v) is 9.80. The summed E-state index contributed by atoms with van der Waals surface area (Å²) in [6.45, 7) is 2.42. The van der Waals surface area contributed by atoms with Gasteiger partial charge in [0.25, 0.3) is 0 Å². The Hall–Kier alpha value is -1.56. The number of carbonyl (C=O) groups is 2. The van der Waals surface area contributed by atoms with Gasteiger partial charge in [-0.25, -0.2) is 9.59 Å². The zero-order valence-electron chi connectivity index (χ0n) is 9.80. The number of carboxylic acids is 1. The van der Waals surface area contributed by atoms with Crippen LogP contribution in [0.1, 0.15) is 19.8 Å². The summed E-state index contributed by atoms with van der Waals surface area (Å²) in [6.07, 6.45) is 3.84. The number of nitrogens with one attached hydrogen (secondary N) is 1. The molecule has 3 N–H and O–H groups in total. The summed E-state index contributed by atoms with van der Waals surface area (Å²) in [7, 11) is 0. The molecule has 0 aliphatic carbocycles. The number of nitrogens with zero attached hydrogens (tertiary/aromatic N) is 1. The van der Waals surface area contributed by atoms with Crippen LogP contribution < -0.4 is 5.32 Å². The standard InChI is InChI=1S/C11H18N2O4/c1-2-3-4-5-12-11(17)13-7-8(14)6-9(13)10(15)16/h2-3,8-9,14H,4-7H2,1H3,(H,12,17)(H,15,16)/b3-2+/t8-,9-/m1/s1. The van der Waals surface area contributed by atoms with E-state index in [-0.39, 0.29) is 13.0 Å². The molecule has 0 aromatic rings. The van der Waals surface area contributed by atoms with E-state index in [0.29, 0.717) is 13.0 Å². The number of hydrogen-bond acceptors (Lipinski definition) is 3. The van der Waals surface area contributed by atoms with Gasteiger partial charge in [0.2, 0.25) is 0 Å². The average molecular weight is 242 g/mol. The minimum atomic E-state index is -1.08. The summed E-state index contributed by atoms with van der Waals surface area (Å²) in [5, 5.41) is 20.9. The normalized spacial score (nSPS) is 24.2. The molecular formula is C11H18N2O4. The van der Waals surface area contributed by atoms with Crippen LogP contribution in [0.3, 0.4) is 0 Å². The SMILES string of the molecule is C/C=C/CCNC(=O)N1C[C@H](O)C[C@@H]1C(=O)O. The van der Waals surface area contributed by atoms with Crippen LogP contribution in [-0.4, -0.2) is 52.3 Å². The van der Waals surface area contributed by atoms with Gasteiger partial charge in [0, 0.05) is 19.5 Å². The number of aliphatic hydroxyl groups is 1. The molecule has 1 aliphatic rings. The highest BCUT2D eigenvalue weighted by molar-refractivity contribution is 5.83. The second-order valence-corrected chi connectivity index (χ2v) is 3.99. The lowest BCUT2D eigenvalue weighted by Crippen LogP contribution is -2.46. The van der Waals surface area contributed by atoms with Crippen molar-refractivity contribution in [1.29, 1.82) is 0 Å². The first-order valence-corrected chi connectivity index (χ1v) is 5.62. The van der Waals surface area contributed by atoms with E-state index in [0.717, 1.165) is 0 Å². The molecule has 1 rings (SSSR count). The number of rotatable bonds is 4. The molecule has 0 aromatic heterocycles. The van der Waals surface area contributed by atoms with Crippen LogP contribution >= 0.6 is 0 Å². The van der Waals surface area contributed by atoms with Gasteiger partial charge in [-0.15, -0.1) is 0 Å². The number of aliphatic hydroxyl groups excluding tert-OH is 1. The summed E-state index contributed by atoms with van der Waals surface area (Å²) in [4.78, 5) is 23.7. The lowest BCUT2D eigenvalue weighted by molar-refractivity contribution is -0.141. The molecule has 6 heteroatoms. The van der Waals surface area contributed by atoms with Crippen LogP contribution in [0.5, 0.6) is 0 Å². The maximum Gasteiger partial charge on any atom is 0.326 e. The van der Waals surface area contributed by atoms with Crippen LogP contribution in [0.4, 0.5) is 4.79 Å². The predicted octanol–water partition coefficient (Wildman–Crippen LogP) is 0.182. The Balaban J connectivity index is 2.46. The van der Waals surface area contributed by atoms with Gasteiger partial charge in [-0.2, -0.15) is 0 Å². The van der Waals surface area contributed by atoms with Crippen molar-refractivity contribution in [3.05, 3.63) is 12.2 Å². The van der Waals surface area contributed by atoms with E-state index in [4.69, 9.17) is 5.11 Å². The first-order chi connectivity index (χ1) is 8.06. The number of urea groups is 1. The molecule has 1 heterocycles. The fourth-order valence-electron chi connectivity index (χ4n) is 1.80. The van der Waals surface area contributed by atoms with Crippen LogP contribution in [-0.2, 0) is 4.79 Å². The van der Waals surface area contributed by atoms with Crippen molar-refractivity contribution < 1.29 is 19.8 Å². The van der Waals surface area contributed by atoms with Gasteiger partial charge < -0.3 is 20.4 Å². The van der Waals surface area contributed by atoms with Gasteiger partial charge in [-0.1, -0.05) is 12.2 Å². The first-order valence-electron chi connectivity index (χ1n) is 5.62.